The Morgan fingerprint density at radius 1 is 1.12 bits per heavy atom. The van der Waals surface area contributed by atoms with Gasteiger partial charge in [0.25, 0.3) is 0 Å². The summed E-state index contributed by atoms with van der Waals surface area (Å²) < 4.78 is 26.6. The van der Waals surface area contributed by atoms with Crippen molar-refractivity contribution in [3.8, 4) is 0 Å². The van der Waals surface area contributed by atoms with E-state index in [9.17, 15) is 8.42 Å². The maximum absolute atomic E-state index is 12.0. The molecular formula is C10H15N3O2S2. The lowest BCUT2D eigenvalue weighted by molar-refractivity contribution is 0.585. The highest BCUT2D eigenvalue weighted by molar-refractivity contribution is 7.93. The molecule has 7 heteroatoms. The zero-order chi connectivity index (χ0) is 11.9. The molecule has 0 saturated heterocycles. The van der Waals surface area contributed by atoms with Crippen molar-refractivity contribution in [3.05, 3.63) is 5.01 Å². The van der Waals surface area contributed by atoms with Crippen LogP contribution < -0.4 is 4.72 Å². The number of hydrogen-bond acceptors (Lipinski definition) is 5. The number of anilines is 1. The molecule has 0 spiro atoms. The Morgan fingerprint density at radius 2 is 1.82 bits per heavy atom. The van der Waals surface area contributed by atoms with Crippen molar-refractivity contribution in [2.45, 2.75) is 49.7 Å². The number of sulfonamides is 1. The standard InChI is InChI=1S/C10H15N3O2S2/c14-17(15,8-3-1-2-4-8)13-10-12-11-9(16-10)7-5-6-7/h7-8H,1-6H2,(H,12,13). The number of rotatable bonds is 4. The first-order valence-electron chi connectivity index (χ1n) is 6.00. The lowest BCUT2D eigenvalue weighted by Gasteiger charge is -2.10. The second-order valence-electron chi connectivity index (χ2n) is 4.77. The van der Waals surface area contributed by atoms with E-state index < -0.39 is 10.0 Å². The summed E-state index contributed by atoms with van der Waals surface area (Å²) in [6, 6.07) is 0. The van der Waals surface area contributed by atoms with Gasteiger partial charge in [-0.25, -0.2) is 8.42 Å². The van der Waals surface area contributed by atoms with Gasteiger partial charge >= 0.3 is 0 Å². The molecule has 1 aromatic heterocycles. The molecule has 0 aliphatic heterocycles. The fraction of sp³-hybridized carbons (Fsp3) is 0.800. The molecule has 0 radical (unpaired) electrons. The molecule has 17 heavy (non-hydrogen) atoms. The summed E-state index contributed by atoms with van der Waals surface area (Å²) in [5.41, 5.74) is 0. The van der Waals surface area contributed by atoms with Gasteiger partial charge in [-0.1, -0.05) is 24.2 Å². The molecule has 0 aromatic carbocycles. The van der Waals surface area contributed by atoms with Gasteiger partial charge in [-0.15, -0.1) is 10.2 Å². The van der Waals surface area contributed by atoms with E-state index in [0.717, 1.165) is 43.5 Å². The first-order chi connectivity index (χ1) is 8.15. The average Bonchev–Trinajstić information content (AvgIpc) is 2.81. The molecule has 94 valence electrons. The van der Waals surface area contributed by atoms with Gasteiger partial charge < -0.3 is 0 Å². The molecule has 0 bridgehead atoms. The second-order valence-corrected chi connectivity index (χ2v) is 7.74. The van der Waals surface area contributed by atoms with Crippen molar-refractivity contribution in [1.82, 2.24) is 10.2 Å². The molecule has 1 aromatic rings. The van der Waals surface area contributed by atoms with E-state index in [4.69, 9.17) is 0 Å². The van der Waals surface area contributed by atoms with Gasteiger partial charge in [0.2, 0.25) is 15.2 Å². The van der Waals surface area contributed by atoms with Crippen LogP contribution in [0.3, 0.4) is 0 Å². The van der Waals surface area contributed by atoms with Crippen molar-refractivity contribution in [1.29, 1.82) is 0 Å². The molecule has 3 rings (SSSR count). The van der Waals surface area contributed by atoms with Crippen LogP contribution in [0.5, 0.6) is 0 Å². The molecule has 2 saturated carbocycles. The fourth-order valence-electron chi connectivity index (χ4n) is 2.17. The van der Waals surface area contributed by atoms with Crippen LogP contribution >= 0.6 is 11.3 Å². The Morgan fingerprint density at radius 3 is 2.47 bits per heavy atom. The average molecular weight is 273 g/mol. The van der Waals surface area contributed by atoms with Crippen LogP contribution in [0.1, 0.15) is 49.5 Å². The van der Waals surface area contributed by atoms with Crippen LogP contribution in [0, 0.1) is 0 Å². The molecule has 0 unspecified atom stereocenters. The van der Waals surface area contributed by atoms with Crippen molar-refractivity contribution < 1.29 is 8.42 Å². The summed E-state index contributed by atoms with van der Waals surface area (Å²) in [7, 11) is -3.25. The number of aromatic nitrogens is 2. The van der Waals surface area contributed by atoms with E-state index in [1.165, 1.54) is 11.3 Å². The lowest BCUT2D eigenvalue weighted by atomic mass is 10.4. The SMILES string of the molecule is O=S(=O)(Nc1nnc(C2CC2)s1)C1CCCC1. The number of nitrogens with one attached hydrogen (secondary N) is 1. The van der Waals surface area contributed by atoms with Crippen molar-refractivity contribution in [2.24, 2.45) is 0 Å². The van der Waals surface area contributed by atoms with E-state index >= 15 is 0 Å². The minimum absolute atomic E-state index is 0.240. The molecular weight excluding hydrogens is 258 g/mol. The van der Waals surface area contributed by atoms with Gasteiger partial charge in [-0.2, -0.15) is 0 Å². The maximum atomic E-state index is 12.0. The normalized spacial score (nSPS) is 21.9. The van der Waals surface area contributed by atoms with Gasteiger partial charge in [0.1, 0.15) is 5.01 Å². The summed E-state index contributed by atoms with van der Waals surface area (Å²) in [5.74, 6) is 0.525. The summed E-state index contributed by atoms with van der Waals surface area (Å²) in [6.45, 7) is 0. The topological polar surface area (TPSA) is 72.0 Å². The molecule has 5 nitrogen and oxygen atoms in total. The summed E-state index contributed by atoms with van der Waals surface area (Å²) >= 11 is 1.38. The zero-order valence-electron chi connectivity index (χ0n) is 9.42. The third-order valence-electron chi connectivity index (χ3n) is 3.34. The molecule has 2 fully saturated rings. The Kier molecular flexibility index (Phi) is 2.82. The Bertz CT molecular complexity index is 501. The van der Waals surface area contributed by atoms with E-state index in [1.807, 2.05) is 0 Å². The Labute approximate surface area is 105 Å². The van der Waals surface area contributed by atoms with Crippen LogP contribution in [0.15, 0.2) is 0 Å². The van der Waals surface area contributed by atoms with Crippen LogP contribution in [0.2, 0.25) is 0 Å². The maximum Gasteiger partial charge on any atom is 0.237 e. The second kappa shape index (κ2) is 4.20. The highest BCUT2D eigenvalue weighted by atomic mass is 32.2. The smallest absolute Gasteiger partial charge is 0.237 e. The van der Waals surface area contributed by atoms with Gasteiger partial charge in [0.15, 0.2) is 0 Å². The predicted molar refractivity (Wildman–Crippen MR) is 66.7 cm³/mol. The van der Waals surface area contributed by atoms with E-state index in [0.29, 0.717) is 11.0 Å². The summed E-state index contributed by atoms with van der Waals surface area (Å²) in [6.07, 6.45) is 5.87. The van der Waals surface area contributed by atoms with Gasteiger partial charge in [-0.3, -0.25) is 4.72 Å². The molecule has 2 aliphatic rings. The first kappa shape index (κ1) is 11.4. The highest BCUT2D eigenvalue weighted by Crippen LogP contribution is 2.42. The molecule has 2 aliphatic carbocycles. The zero-order valence-corrected chi connectivity index (χ0v) is 11.1. The minimum atomic E-state index is -3.25. The van der Waals surface area contributed by atoms with Crippen LogP contribution in [-0.2, 0) is 10.0 Å². The highest BCUT2D eigenvalue weighted by Gasteiger charge is 2.31. The van der Waals surface area contributed by atoms with E-state index in [1.54, 1.807) is 0 Å². The van der Waals surface area contributed by atoms with Crippen molar-refractivity contribution in [3.63, 3.8) is 0 Å². The van der Waals surface area contributed by atoms with Crippen molar-refractivity contribution >= 4 is 26.5 Å². The quantitative estimate of drug-likeness (QED) is 0.912. The monoisotopic (exact) mass is 273 g/mol. The molecule has 1 heterocycles. The molecule has 1 N–H and O–H groups in total. The van der Waals surface area contributed by atoms with Gasteiger partial charge in [0.05, 0.1) is 5.25 Å². The number of nitrogens with zero attached hydrogens (tertiary/aromatic N) is 2. The first-order valence-corrected chi connectivity index (χ1v) is 8.36. The minimum Gasteiger partial charge on any atom is -0.257 e. The summed E-state index contributed by atoms with van der Waals surface area (Å²) in [5, 5.41) is 9.10. The van der Waals surface area contributed by atoms with Crippen LogP contribution in [-0.4, -0.2) is 23.9 Å². The molecule has 0 atom stereocenters. The Balaban J connectivity index is 1.71. The lowest BCUT2D eigenvalue weighted by Crippen LogP contribution is -2.25. The van der Waals surface area contributed by atoms with Crippen LogP contribution in [0.4, 0.5) is 5.13 Å². The van der Waals surface area contributed by atoms with Crippen molar-refractivity contribution in [2.75, 3.05) is 4.72 Å². The Hall–Kier alpha value is -0.690. The van der Waals surface area contributed by atoms with E-state index in [-0.39, 0.29) is 5.25 Å². The fourth-order valence-corrected chi connectivity index (χ4v) is 4.86. The van der Waals surface area contributed by atoms with Gasteiger partial charge in [0, 0.05) is 5.92 Å². The molecule has 0 amide bonds. The number of hydrogen-bond donors (Lipinski definition) is 1. The van der Waals surface area contributed by atoms with E-state index in [2.05, 4.69) is 14.9 Å². The largest absolute Gasteiger partial charge is 0.257 e. The van der Waals surface area contributed by atoms with Crippen LogP contribution in [0.25, 0.3) is 0 Å². The van der Waals surface area contributed by atoms with Gasteiger partial charge in [-0.05, 0) is 25.7 Å². The summed E-state index contributed by atoms with van der Waals surface area (Å²) in [4.78, 5) is 0. The third-order valence-corrected chi connectivity index (χ3v) is 6.30. The third kappa shape index (κ3) is 2.44. The predicted octanol–water partition coefficient (Wildman–Crippen LogP) is 2.10.